The molecule has 2 aliphatic rings. The predicted molar refractivity (Wildman–Crippen MR) is 83.1 cm³/mol. The van der Waals surface area contributed by atoms with Crippen LogP contribution in [-0.2, 0) is 0 Å². The van der Waals surface area contributed by atoms with Gasteiger partial charge in [0.2, 0.25) is 0 Å². The van der Waals surface area contributed by atoms with Crippen LogP contribution in [0.5, 0.6) is 0 Å². The number of ketones is 1. The minimum atomic E-state index is 0.262. The summed E-state index contributed by atoms with van der Waals surface area (Å²) in [6, 6.07) is 8.50. The van der Waals surface area contributed by atoms with E-state index in [9.17, 15) is 4.79 Å². The Morgan fingerprint density at radius 2 is 1.60 bits per heavy atom. The number of Topliss-reactive ketones (excluding diaryl/α,β-unsaturated/α-hetero) is 1. The van der Waals surface area contributed by atoms with E-state index >= 15 is 0 Å². The smallest absolute Gasteiger partial charge is 0.165 e. The highest BCUT2D eigenvalue weighted by atomic mass is 16.1. The molecule has 2 saturated carbocycles. The summed E-state index contributed by atoms with van der Waals surface area (Å²) in [5, 5.41) is 0. The van der Waals surface area contributed by atoms with Crippen LogP contribution in [-0.4, -0.2) is 5.78 Å². The number of carbonyl (C=O) groups is 1. The zero-order valence-corrected chi connectivity index (χ0v) is 12.8. The molecular formula is C19H26O. The molecule has 1 nitrogen and oxygen atoms in total. The molecule has 0 spiro atoms. The van der Waals surface area contributed by atoms with Crippen LogP contribution < -0.4 is 0 Å². The third-order valence-corrected chi connectivity index (χ3v) is 5.48. The zero-order valence-electron chi connectivity index (χ0n) is 12.8. The Bertz CT molecular complexity index is 469. The summed E-state index contributed by atoms with van der Waals surface area (Å²) in [6.07, 6.45) is 8.51. The molecule has 0 unspecified atom stereocenters. The highest BCUT2D eigenvalue weighted by Crippen LogP contribution is 2.40. The van der Waals surface area contributed by atoms with Gasteiger partial charge in [0.15, 0.2) is 5.78 Å². The Hall–Kier alpha value is -1.11. The van der Waals surface area contributed by atoms with Crippen molar-refractivity contribution in [2.24, 2.45) is 11.3 Å². The predicted octanol–water partition coefficient (Wildman–Crippen LogP) is 5.35. The second-order valence-electron chi connectivity index (χ2n) is 7.55. The van der Waals surface area contributed by atoms with E-state index in [1.54, 1.807) is 0 Å². The van der Waals surface area contributed by atoms with Crippen LogP contribution >= 0.6 is 0 Å². The van der Waals surface area contributed by atoms with Crippen LogP contribution in [0.3, 0.4) is 0 Å². The topological polar surface area (TPSA) is 17.1 Å². The highest BCUT2D eigenvalue weighted by Gasteiger charge is 2.31. The molecule has 0 radical (unpaired) electrons. The van der Waals surface area contributed by atoms with Crippen molar-refractivity contribution in [3.8, 4) is 0 Å². The maximum atomic E-state index is 12.6. The zero-order chi connectivity index (χ0) is 14.2. The average Bonchev–Trinajstić information content (AvgIpc) is 2.37. The Kier molecular flexibility index (Phi) is 3.70. The Labute approximate surface area is 122 Å². The maximum Gasteiger partial charge on any atom is 0.165 e. The van der Waals surface area contributed by atoms with Crippen LogP contribution in [0, 0.1) is 11.3 Å². The third-order valence-electron chi connectivity index (χ3n) is 5.48. The number of carbonyl (C=O) groups excluding carboxylic acids is 1. The first-order chi connectivity index (χ1) is 9.55. The lowest BCUT2D eigenvalue weighted by atomic mass is 9.71. The molecule has 108 valence electrons. The van der Waals surface area contributed by atoms with Crippen molar-refractivity contribution < 1.29 is 4.79 Å². The van der Waals surface area contributed by atoms with Crippen molar-refractivity contribution >= 4 is 5.78 Å². The lowest BCUT2D eigenvalue weighted by molar-refractivity contribution is 0.0838. The molecule has 1 aromatic rings. The fourth-order valence-corrected chi connectivity index (χ4v) is 3.56. The molecule has 0 N–H and O–H groups in total. The molecule has 3 rings (SSSR count). The molecule has 1 heteroatoms. The minimum Gasteiger partial charge on any atom is -0.294 e. The summed E-state index contributed by atoms with van der Waals surface area (Å²) >= 11 is 0. The summed E-state index contributed by atoms with van der Waals surface area (Å²) < 4.78 is 0. The standard InChI is InChI=1S/C19H26O/c1-19(2)12-10-17(11-13-19)18(20)16-8-6-15(7-9-16)14-4-3-5-14/h6-9,14,17H,3-5,10-13H2,1-2H3. The molecule has 0 aromatic heterocycles. The Morgan fingerprint density at radius 3 is 2.10 bits per heavy atom. The van der Waals surface area contributed by atoms with Gasteiger partial charge < -0.3 is 0 Å². The number of rotatable bonds is 3. The van der Waals surface area contributed by atoms with E-state index in [1.165, 1.54) is 37.7 Å². The van der Waals surface area contributed by atoms with E-state index in [0.29, 0.717) is 11.2 Å². The van der Waals surface area contributed by atoms with E-state index in [0.717, 1.165) is 24.3 Å². The molecule has 0 atom stereocenters. The second kappa shape index (κ2) is 5.35. The molecular weight excluding hydrogens is 244 g/mol. The third kappa shape index (κ3) is 2.82. The fraction of sp³-hybridized carbons (Fsp3) is 0.632. The van der Waals surface area contributed by atoms with Crippen molar-refractivity contribution in [3.63, 3.8) is 0 Å². The molecule has 2 aliphatic carbocycles. The monoisotopic (exact) mass is 270 g/mol. The number of hydrogen-bond acceptors (Lipinski definition) is 1. The van der Waals surface area contributed by atoms with Crippen LogP contribution in [0.15, 0.2) is 24.3 Å². The van der Waals surface area contributed by atoms with Crippen molar-refractivity contribution in [1.82, 2.24) is 0 Å². The van der Waals surface area contributed by atoms with E-state index in [2.05, 4.69) is 38.1 Å². The van der Waals surface area contributed by atoms with E-state index in [4.69, 9.17) is 0 Å². The van der Waals surface area contributed by atoms with Gasteiger partial charge >= 0.3 is 0 Å². The van der Waals surface area contributed by atoms with Gasteiger partial charge in [-0.15, -0.1) is 0 Å². The summed E-state index contributed by atoms with van der Waals surface area (Å²) in [5.74, 6) is 1.40. The fourth-order valence-electron chi connectivity index (χ4n) is 3.56. The first kappa shape index (κ1) is 13.9. The molecule has 0 aliphatic heterocycles. The normalized spacial score (nSPS) is 23.3. The molecule has 20 heavy (non-hydrogen) atoms. The highest BCUT2D eigenvalue weighted by molar-refractivity contribution is 5.97. The van der Waals surface area contributed by atoms with Gasteiger partial charge in [0.1, 0.15) is 0 Å². The molecule has 0 saturated heterocycles. The van der Waals surface area contributed by atoms with Crippen LogP contribution in [0.2, 0.25) is 0 Å². The number of benzene rings is 1. The first-order valence-electron chi connectivity index (χ1n) is 8.19. The van der Waals surface area contributed by atoms with Crippen molar-refractivity contribution in [2.75, 3.05) is 0 Å². The van der Waals surface area contributed by atoms with Crippen LogP contribution in [0.25, 0.3) is 0 Å². The van der Waals surface area contributed by atoms with Gasteiger partial charge in [-0.3, -0.25) is 4.79 Å². The number of hydrogen-bond donors (Lipinski definition) is 0. The van der Waals surface area contributed by atoms with Gasteiger partial charge in [-0.25, -0.2) is 0 Å². The lowest BCUT2D eigenvalue weighted by Gasteiger charge is -2.33. The SMILES string of the molecule is CC1(C)CCC(C(=O)c2ccc(C3CCC3)cc2)CC1. The molecule has 2 fully saturated rings. The van der Waals surface area contributed by atoms with Gasteiger partial charge in [-0.05, 0) is 55.4 Å². The van der Waals surface area contributed by atoms with Gasteiger partial charge in [-0.2, -0.15) is 0 Å². The maximum absolute atomic E-state index is 12.6. The summed E-state index contributed by atoms with van der Waals surface area (Å²) in [7, 11) is 0. The van der Waals surface area contributed by atoms with Crippen molar-refractivity contribution in [3.05, 3.63) is 35.4 Å². The molecule has 0 bridgehead atoms. The van der Waals surface area contributed by atoms with Crippen molar-refractivity contribution in [2.45, 2.75) is 64.7 Å². The van der Waals surface area contributed by atoms with Crippen LogP contribution in [0.4, 0.5) is 0 Å². The summed E-state index contributed by atoms with van der Waals surface area (Å²) in [6.45, 7) is 4.64. The van der Waals surface area contributed by atoms with E-state index in [1.807, 2.05) is 0 Å². The van der Waals surface area contributed by atoms with E-state index in [-0.39, 0.29) is 5.92 Å². The average molecular weight is 270 g/mol. The van der Waals surface area contributed by atoms with Crippen LogP contribution in [0.1, 0.15) is 80.6 Å². The van der Waals surface area contributed by atoms with Gasteiger partial charge in [-0.1, -0.05) is 44.5 Å². The quantitative estimate of drug-likeness (QED) is 0.676. The Morgan fingerprint density at radius 1 is 1.00 bits per heavy atom. The molecule has 0 amide bonds. The molecule has 1 aromatic carbocycles. The van der Waals surface area contributed by atoms with Gasteiger partial charge in [0.25, 0.3) is 0 Å². The second-order valence-corrected chi connectivity index (χ2v) is 7.55. The van der Waals surface area contributed by atoms with Gasteiger partial charge in [0.05, 0.1) is 0 Å². The first-order valence-corrected chi connectivity index (χ1v) is 8.19. The lowest BCUT2D eigenvalue weighted by Crippen LogP contribution is -2.26. The summed E-state index contributed by atoms with van der Waals surface area (Å²) in [5.41, 5.74) is 2.79. The molecule has 0 heterocycles. The summed E-state index contributed by atoms with van der Waals surface area (Å²) in [4.78, 5) is 12.6. The van der Waals surface area contributed by atoms with Crippen molar-refractivity contribution in [1.29, 1.82) is 0 Å². The minimum absolute atomic E-state index is 0.262. The van der Waals surface area contributed by atoms with Gasteiger partial charge in [0, 0.05) is 11.5 Å². The Balaban J connectivity index is 1.65. The van der Waals surface area contributed by atoms with E-state index < -0.39 is 0 Å². The largest absolute Gasteiger partial charge is 0.294 e.